The van der Waals surface area contributed by atoms with Crippen molar-refractivity contribution in [2.24, 2.45) is 5.73 Å². The molecule has 0 bridgehead atoms. The summed E-state index contributed by atoms with van der Waals surface area (Å²) < 4.78 is 0. The lowest BCUT2D eigenvalue weighted by molar-refractivity contribution is 0.0946. The third kappa shape index (κ3) is 2.81. The number of hydrogen-bond donors (Lipinski definition) is 2. The van der Waals surface area contributed by atoms with Gasteiger partial charge in [-0.25, -0.2) is 4.98 Å². The zero-order valence-corrected chi connectivity index (χ0v) is 10.3. The summed E-state index contributed by atoms with van der Waals surface area (Å²) in [6.45, 7) is 2.43. The lowest BCUT2D eigenvalue weighted by Gasteiger charge is -2.09. The summed E-state index contributed by atoms with van der Waals surface area (Å²) in [5.41, 5.74) is 7.55. The van der Waals surface area contributed by atoms with E-state index in [-0.39, 0.29) is 11.9 Å². The molecular formula is C13H16N4O. The SMILES string of the molecule is CCC(N)CNC(=O)c1cnc2ccccc2n1. The maximum atomic E-state index is 11.8. The van der Waals surface area contributed by atoms with Gasteiger partial charge in [0.05, 0.1) is 17.2 Å². The highest BCUT2D eigenvalue weighted by Crippen LogP contribution is 2.08. The standard InChI is InChI=1S/C13H16N4O/c1-2-9(14)7-16-13(18)12-8-15-10-5-3-4-6-11(10)17-12/h3-6,8-9H,2,7,14H2,1H3,(H,16,18). The Morgan fingerprint density at radius 2 is 2.11 bits per heavy atom. The van der Waals surface area contributed by atoms with E-state index >= 15 is 0 Å². The van der Waals surface area contributed by atoms with Gasteiger partial charge >= 0.3 is 0 Å². The van der Waals surface area contributed by atoms with Crippen molar-refractivity contribution in [1.82, 2.24) is 15.3 Å². The Morgan fingerprint density at radius 1 is 1.39 bits per heavy atom. The first-order chi connectivity index (χ1) is 8.70. The van der Waals surface area contributed by atoms with E-state index in [1.165, 1.54) is 6.20 Å². The number of hydrogen-bond acceptors (Lipinski definition) is 4. The zero-order valence-electron chi connectivity index (χ0n) is 10.3. The highest BCUT2D eigenvalue weighted by Gasteiger charge is 2.09. The molecule has 0 radical (unpaired) electrons. The first-order valence-electron chi connectivity index (χ1n) is 5.96. The summed E-state index contributed by atoms with van der Waals surface area (Å²) in [5, 5.41) is 2.75. The molecule has 1 aromatic carbocycles. The summed E-state index contributed by atoms with van der Waals surface area (Å²) in [4.78, 5) is 20.3. The molecule has 18 heavy (non-hydrogen) atoms. The smallest absolute Gasteiger partial charge is 0.271 e. The normalized spacial score (nSPS) is 12.3. The van der Waals surface area contributed by atoms with Gasteiger partial charge in [-0.1, -0.05) is 19.1 Å². The van der Waals surface area contributed by atoms with E-state index in [0.29, 0.717) is 17.8 Å². The van der Waals surface area contributed by atoms with E-state index in [1.54, 1.807) is 0 Å². The maximum absolute atomic E-state index is 11.8. The van der Waals surface area contributed by atoms with Gasteiger partial charge in [0.1, 0.15) is 5.69 Å². The second-order valence-corrected chi connectivity index (χ2v) is 4.12. The summed E-state index contributed by atoms with van der Waals surface area (Å²) in [6, 6.07) is 7.42. The molecule has 2 aromatic rings. The van der Waals surface area contributed by atoms with Crippen LogP contribution in [0.5, 0.6) is 0 Å². The molecule has 2 rings (SSSR count). The predicted molar refractivity (Wildman–Crippen MR) is 70.1 cm³/mol. The summed E-state index contributed by atoms with van der Waals surface area (Å²) in [7, 11) is 0. The van der Waals surface area contributed by atoms with Gasteiger partial charge in [-0.15, -0.1) is 0 Å². The van der Waals surface area contributed by atoms with Gasteiger partial charge in [0.15, 0.2) is 0 Å². The summed E-state index contributed by atoms with van der Waals surface area (Å²) >= 11 is 0. The molecule has 1 atom stereocenters. The fourth-order valence-electron chi connectivity index (χ4n) is 1.53. The van der Waals surface area contributed by atoms with Gasteiger partial charge in [0.25, 0.3) is 5.91 Å². The monoisotopic (exact) mass is 244 g/mol. The first-order valence-corrected chi connectivity index (χ1v) is 5.96. The molecular weight excluding hydrogens is 228 g/mol. The minimum atomic E-state index is -0.239. The van der Waals surface area contributed by atoms with Gasteiger partial charge in [-0.2, -0.15) is 0 Å². The Morgan fingerprint density at radius 3 is 2.83 bits per heavy atom. The average Bonchev–Trinajstić information content (AvgIpc) is 2.43. The number of amides is 1. The molecule has 94 valence electrons. The fourth-order valence-corrected chi connectivity index (χ4v) is 1.53. The number of nitrogens with two attached hydrogens (primary N) is 1. The molecule has 0 saturated heterocycles. The summed E-state index contributed by atoms with van der Waals surface area (Å²) in [5.74, 6) is -0.239. The second-order valence-electron chi connectivity index (χ2n) is 4.12. The van der Waals surface area contributed by atoms with E-state index in [2.05, 4.69) is 15.3 Å². The van der Waals surface area contributed by atoms with Gasteiger partial charge in [0.2, 0.25) is 0 Å². The van der Waals surface area contributed by atoms with Gasteiger partial charge < -0.3 is 11.1 Å². The quantitative estimate of drug-likeness (QED) is 0.843. The number of benzene rings is 1. The van der Waals surface area contributed by atoms with Crippen molar-refractivity contribution in [2.45, 2.75) is 19.4 Å². The Bertz CT molecular complexity index is 555. The van der Waals surface area contributed by atoms with Gasteiger partial charge in [-0.05, 0) is 18.6 Å². The van der Waals surface area contributed by atoms with Crippen LogP contribution in [0.1, 0.15) is 23.8 Å². The van der Waals surface area contributed by atoms with E-state index < -0.39 is 0 Å². The Balaban J connectivity index is 2.13. The van der Waals surface area contributed by atoms with Crippen LogP contribution in [0.15, 0.2) is 30.5 Å². The van der Waals surface area contributed by atoms with Gasteiger partial charge in [0, 0.05) is 12.6 Å². The molecule has 0 fully saturated rings. The second kappa shape index (κ2) is 5.55. The molecule has 0 aliphatic rings. The lowest BCUT2D eigenvalue weighted by atomic mass is 10.2. The van der Waals surface area contributed by atoms with Crippen molar-refractivity contribution < 1.29 is 4.79 Å². The average molecular weight is 244 g/mol. The van der Waals surface area contributed by atoms with Crippen molar-refractivity contribution in [3.63, 3.8) is 0 Å². The van der Waals surface area contributed by atoms with E-state index in [0.717, 1.165) is 11.9 Å². The number of aromatic nitrogens is 2. The first kappa shape index (κ1) is 12.4. The molecule has 1 unspecified atom stereocenters. The molecule has 1 aromatic heterocycles. The molecule has 5 heteroatoms. The third-order valence-corrected chi connectivity index (χ3v) is 2.73. The minimum Gasteiger partial charge on any atom is -0.349 e. The number of nitrogens with zero attached hydrogens (tertiary/aromatic N) is 2. The van der Waals surface area contributed by atoms with Crippen LogP contribution in [-0.2, 0) is 0 Å². The van der Waals surface area contributed by atoms with Crippen LogP contribution in [0.2, 0.25) is 0 Å². The Kier molecular flexibility index (Phi) is 3.84. The van der Waals surface area contributed by atoms with E-state index in [4.69, 9.17) is 5.73 Å². The Hall–Kier alpha value is -2.01. The van der Waals surface area contributed by atoms with Crippen LogP contribution in [0.25, 0.3) is 11.0 Å². The number of carbonyl (C=O) groups is 1. The van der Waals surface area contributed by atoms with Crippen LogP contribution in [0, 0.1) is 0 Å². The molecule has 1 amide bonds. The van der Waals surface area contributed by atoms with Crippen LogP contribution in [0.4, 0.5) is 0 Å². The van der Waals surface area contributed by atoms with E-state index in [1.807, 2.05) is 31.2 Å². The van der Waals surface area contributed by atoms with Crippen molar-refractivity contribution in [3.05, 3.63) is 36.2 Å². The zero-order chi connectivity index (χ0) is 13.0. The topological polar surface area (TPSA) is 80.9 Å². The summed E-state index contributed by atoms with van der Waals surface area (Å²) in [6.07, 6.45) is 2.30. The number of para-hydroxylation sites is 2. The van der Waals surface area contributed by atoms with Crippen molar-refractivity contribution in [1.29, 1.82) is 0 Å². The minimum absolute atomic E-state index is 0.0256. The Labute approximate surface area is 105 Å². The maximum Gasteiger partial charge on any atom is 0.271 e. The largest absolute Gasteiger partial charge is 0.349 e. The van der Waals surface area contributed by atoms with E-state index in [9.17, 15) is 4.79 Å². The molecule has 0 saturated carbocycles. The predicted octanol–water partition coefficient (Wildman–Crippen LogP) is 1.10. The molecule has 5 nitrogen and oxygen atoms in total. The van der Waals surface area contributed by atoms with Crippen LogP contribution < -0.4 is 11.1 Å². The van der Waals surface area contributed by atoms with Crippen LogP contribution in [-0.4, -0.2) is 28.5 Å². The number of carbonyl (C=O) groups excluding carboxylic acids is 1. The van der Waals surface area contributed by atoms with Crippen LogP contribution in [0.3, 0.4) is 0 Å². The molecule has 0 aliphatic carbocycles. The molecule has 3 N–H and O–H groups in total. The molecule has 0 spiro atoms. The van der Waals surface area contributed by atoms with Crippen LogP contribution >= 0.6 is 0 Å². The lowest BCUT2D eigenvalue weighted by Crippen LogP contribution is -2.37. The number of fused-ring (bicyclic) bond motifs is 1. The highest BCUT2D eigenvalue weighted by molar-refractivity contribution is 5.93. The fraction of sp³-hybridized carbons (Fsp3) is 0.308. The number of nitrogens with one attached hydrogen (secondary N) is 1. The number of rotatable bonds is 4. The van der Waals surface area contributed by atoms with Crippen molar-refractivity contribution >= 4 is 16.9 Å². The highest BCUT2D eigenvalue weighted by atomic mass is 16.1. The van der Waals surface area contributed by atoms with Crippen molar-refractivity contribution in [2.75, 3.05) is 6.54 Å². The third-order valence-electron chi connectivity index (χ3n) is 2.73. The van der Waals surface area contributed by atoms with Gasteiger partial charge in [-0.3, -0.25) is 9.78 Å². The molecule has 1 heterocycles. The van der Waals surface area contributed by atoms with Crippen molar-refractivity contribution in [3.8, 4) is 0 Å². The molecule has 0 aliphatic heterocycles.